The normalized spacial score (nSPS) is 11.5. The molecule has 2 heterocycles. The number of furan rings is 1. The van der Waals surface area contributed by atoms with Crippen molar-refractivity contribution in [1.29, 1.82) is 0 Å². The van der Waals surface area contributed by atoms with Gasteiger partial charge in [0.1, 0.15) is 11.2 Å². The summed E-state index contributed by atoms with van der Waals surface area (Å²) in [6, 6.07) is 85.3. The first-order valence-corrected chi connectivity index (χ1v) is 21.2. The van der Waals surface area contributed by atoms with Gasteiger partial charge in [-0.25, -0.2) is 0 Å². The lowest BCUT2D eigenvalue weighted by Gasteiger charge is -2.11. The van der Waals surface area contributed by atoms with Gasteiger partial charge < -0.3 is 8.98 Å². The highest BCUT2D eigenvalue weighted by atomic mass is 16.3. The highest BCUT2D eigenvalue weighted by Crippen LogP contribution is 2.40. The summed E-state index contributed by atoms with van der Waals surface area (Å²) >= 11 is 0. The maximum absolute atomic E-state index is 6.73. The van der Waals surface area contributed by atoms with Crippen LogP contribution >= 0.6 is 0 Å². The van der Waals surface area contributed by atoms with Crippen LogP contribution in [0.3, 0.4) is 0 Å². The Bertz CT molecular complexity index is 3630. The number of benzene rings is 10. The summed E-state index contributed by atoms with van der Waals surface area (Å²) in [7, 11) is 0. The Morgan fingerprint density at radius 3 is 1.37 bits per heavy atom. The quantitative estimate of drug-likeness (QED) is 0.157. The topological polar surface area (TPSA) is 18.1 Å². The van der Waals surface area contributed by atoms with Gasteiger partial charge in [0.25, 0.3) is 0 Å². The minimum absolute atomic E-state index is 0.880. The maximum atomic E-state index is 6.73. The predicted octanol–water partition coefficient (Wildman–Crippen LogP) is 16.7. The van der Waals surface area contributed by atoms with Crippen LogP contribution in [0.25, 0.3) is 116 Å². The molecule has 0 aliphatic rings. The monoisotopic (exact) mass is 789 g/mol. The lowest BCUT2D eigenvalue weighted by molar-refractivity contribution is 0.670. The van der Waals surface area contributed by atoms with Gasteiger partial charge >= 0.3 is 0 Å². The van der Waals surface area contributed by atoms with Crippen molar-refractivity contribution in [1.82, 2.24) is 4.57 Å². The van der Waals surface area contributed by atoms with Gasteiger partial charge in [-0.05, 0) is 122 Å². The predicted molar refractivity (Wildman–Crippen MR) is 261 cm³/mol. The molecule has 0 atom stereocenters. The molecule has 62 heavy (non-hydrogen) atoms. The minimum Gasteiger partial charge on any atom is -0.455 e. The maximum Gasteiger partial charge on any atom is 0.143 e. The molecule has 0 radical (unpaired) electrons. The molecule has 0 saturated carbocycles. The van der Waals surface area contributed by atoms with Gasteiger partial charge in [-0.3, -0.25) is 0 Å². The molecule has 2 nitrogen and oxygen atoms in total. The molecule has 0 N–H and O–H groups in total. The SMILES string of the molecule is c1ccc(-c2cccc(-c3cccc(-c4cccc(-c5ccc6oc7c(-c8cccc(-n9c%10ccccc%10c%10cc(-c%11ccccc%11)ccc%109)c8)cccc7c6c5)c4)c3)c2)cc1. The van der Waals surface area contributed by atoms with E-state index in [2.05, 4.69) is 241 Å². The second-order valence-electron chi connectivity index (χ2n) is 16.1. The average Bonchev–Trinajstić information content (AvgIpc) is 3.90. The fourth-order valence-corrected chi connectivity index (χ4v) is 9.34. The first-order valence-electron chi connectivity index (χ1n) is 21.2. The zero-order chi connectivity index (χ0) is 41.0. The molecule has 0 aliphatic carbocycles. The van der Waals surface area contributed by atoms with Crippen LogP contribution in [0.2, 0.25) is 0 Å². The molecule has 0 amide bonds. The summed E-state index contributed by atoms with van der Waals surface area (Å²) in [5.41, 5.74) is 19.4. The van der Waals surface area contributed by atoms with Gasteiger partial charge in [0.2, 0.25) is 0 Å². The van der Waals surface area contributed by atoms with Crippen LogP contribution in [0, 0.1) is 0 Å². The number of nitrogens with zero attached hydrogens (tertiary/aromatic N) is 1. The largest absolute Gasteiger partial charge is 0.455 e. The van der Waals surface area contributed by atoms with E-state index in [1.807, 2.05) is 0 Å². The Kier molecular flexibility index (Phi) is 8.53. The third kappa shape index (κ3) is 6.20. The number of para-hydroxylation sites is 2. The number of hydrogen-bond donors (Lipinski definition) is 0. The second-order valence-corrected chi connectivity index (χ2v) is 16.1. The van der Waals surface area contributed by atoms with Gasteiger partial charge in [0.05, 0.1) is 11.0 Å². The lowest BCUT2D eigenvalue weighted by Crippen LogP contribution is -1.94. The van der Waals surface area contributed by atoms with E-state index in [4.69, 9.17) is 4.42 Å². The van der Waals surface area contributed by atoms with E-state index in [1.165, 1.54) is 71.9 Å². The van der Waals surface area contributed by atoms with Crippen molar-refractivity contribution in [3.63, 3.8) is 0 Å². The second kappa shape index (κ2) is 14.8. The highest BCUT2D eigenvalue weighted by molar-refractivity contribution is 6.12. The molecule has 12 rings (SSSR count). The molecule has 0 saturated heterocycles. The van der Waals surface area contributed by atoms with E-state index in [0.717, 1.165) is 44.3 Å². The van der Waals surface area contributed by atoms with E-state index in [1.54, 1.807) is 0 Å². The van der Waals surface area contributed by atoms with Crippen molar-refractivity contribution in [3.05, 3.63) is 237 Å². The van der Waals surface area contributed by atoms with E-state index >= 15 is 0 Å². The Morgan fingerprint density at radius 2 is 0.710 bits per heavy atom. The Morgan fingerprint density at radius 1 is 0.258 bits per heavy atom. The van der Waals surface area contributed by atoms with Crippen LogP contribution in [0.15, 0.2) is 241 Å². The number of aromatic nitrogens is 1. The van der Waals surface area contributed by atoms with Crippen LogP contribution in [0.5, 0.6) is 0 Å². The number of hydrogen-bond acceptors (Lipinski definition) is 1. The lowest BCUT2D eigenvalue weighted by atomic mass is 9.94. The Balaban J connectivity index is 0.894. The van der Waals surface area contributed by atoms with Crippen molar-refractivity contribution >= 4 is 43.7 Å². The summed E-state index contributed by atoms with van der Waals surface area (Å²) in [4.78, 5) is 0. The van der Waals surface area contributed by atoms with E-state index < -0.39 is 0 Å². The van der Waals surface area contributed by atoms with Crippen LogP contribution in [-0.2, 0) is 0 Å². The van der Waals surface area contributed by atoms with E-state index in [0.29, 0.717) is 0 Å². The van der Waals surface area contributed by atoms with Gasteiger partial charge in [-0.2, -0.15) is 0 Å². The molecule has 0 spiro atoms. The van der Waals surface area contributed by atoms with Crippen molar-refractivity contribution in [3.8, 4) is 72.4 Å². The zero-order valence-electron chi connectivity index (χ0n) is 33.9. The third-order valence-corrected chi connectivity index (χ3v) is 12.4. The summed E-state index contributed by atoms with van der Waals surface area (Å²) < 4.78 is 9.12. The van der Waals surface area contributed by atoms with Gasteiger partial charge in [-0.1, -0.05) is 176 Å². The molecule has 0 bridgehead atoms. The molecule has 12 aromatic rings. The van der Waals surface area contributed by atoms with Crippen LogP contribution in [0.1, 0.15) is 0 Å². The molecule has 10 aromatic carbocycles. The Labute approximate surface area is 360 Å². The summed E-state index contributed by atoms with van der Waals surface area (Å²) in [5.74, 6) is 0. The molecular weight excluding hydrogens is 751 g/mol. The molecule has 290 valence electrons. The van der Waals surface area contributed by atoms with E-state index in [9.17, 15) is 0 Å². The summed E-state index contributed by atoms with van der Waals surface area (Å²) in [6.07, 6.45) is 0. The number of rotatable bonds is 7. The molecular formula is C60H39NO. The molecule has 2 aromatic heterocycles. The van der Waals surface area contributed by atoms with Crippen LogP contribution < -0.4 is 0 Å². The van der Waals surface area contributed by atoms with Crippen molar-refractivity contribution in [2.45, 2.75) is 0 Å². The van der Waals surface area contributed by atoms with Crippen LogP contribution in [0.4, 0.5) is 0 Å². The minimum atomic E-state index is 0.880. The van der Waals surface area contributed by atoms with Gasteiger partial charge in [0, 0.05) is 32.8 Å². The molecule has 0 aliphatic heterocycles. The summed E-state index contributed by atoms with van der Waals surface area (Å²) in [6.45, 7) is 0. The first kappa shape index (κ1) is 35.7. The molecule has 0 fully saturated rings. The first-order chi connectivity index (χ1) is 30.7. The van der Waals surface area contributed by atoms with Gasteiger partial charge in [0.15, 0.2) is 0 Å². The summed E-state index contributed by atoms with van der Waals surface area (Å²) in [5, 5.41) is 4.70. The zero-order valence-corrected chi connectivity index (χ0v) is 33.9. The van der Waals surface area contributed by atoms with E-state index in [-0.39, 0.29) is 0 Å². The fraction of sp³-hybridized carbons (Fsp3) is 0. The van der Waals surface area contributed by atoms with Crippen molar-refractivity contribution in [2.24, 2.45) is 0 Å². The van der Waals surface area contributed by atoms with Crippen LogP contribution in [-0.4, -0.2) is 4.57 Å². The highest BCUT2D eigenvalue weighted by Gasteiger charge is 2.17. The third-order valence-electron chi connectivity index (χ3n) is 12.4. The smallest absolute Gasteiger partial charge is 0.143 e. The molecule has 2 heteroatoms. The average molecular weight is 790 g/mol. The van der Waals surface area contributed by atoms with Crippen molar-refractivity contribution in [2.75, 3.05) is 0 Å². The fourth-order valence-electron chi connectivity index (χ4n) is 9.34. The van der Waals surface area contributed by atoms with Gasteiger partial charge in [-0.15, -0.1) is 0 Å². The molecule has 0 unspecified atom stereocenters. The number of fused-ring (bicyclic) bond motifs is 6. The Hall–Kier alpha value is -8.20. The van der Waals surface area contributed by atoms with Crippen molar-refractivity contribution < 1.29 is 4.42 Å². The standard InChI is InChI=1S/C60H39NO/c1-3-14-40(15-4-1)42-18-9-19-43(34-42)44-20-10-21-45(35-44)46-22-11-23-47(36-46)49-31-33-59-56(39-49)54-28-13-27-52(60(54)62-59)50-24-12-25-51(37-50)61-57-29-8-7-26-53(57)55-38-48(30-32-58(55)61)41-16-5-2-6-17-41/h1-39H.